The lowest BCUT2D eigenvalue weighted by Gasteiger charge is -2.02. The van der Waals surface area contributed by atoms with Crippen molar-refractivity contribution in [1.29, 1.82) is 0 Å². The van der Waals surface area contributed by atoms with Crippen LogP contribution in [0.4, 0.5) is 0 Å². The van der Waals surface area contributed by atoms with Crippen LogP contribution in [0.5, 0.6) is 0 Å². The van der Waals surface area contributed by atoms with Crippen molar-refractivity contribution in [2.24, 2.45) is 5.73 Å². The number of aryl methyl sites for hydroxylation is 1. The smallest absolute Gasteiger partial charge is 0.00745 e. The minimum absolute atomic E-state index is 0.728. The Morgan fingerprint density at radius 3 is 2.33 bits per heavy atom. The minimum Gasteiger partial charge on any atom is -0.329 e. The van der Waals surface area contributed by atoms with Crippen molar-refractivity contribution in [3.63, 3.8) is 0 Å². The third kappa shape index (κ3) is 7.75. The Bertz CT molecular complexity index is 241. The molecule has 0 bridgehead atoms. The maximum Gasteiger partial charge on any atom is 0.00745 e. The molecular weight excluding hydrogens is 184 g/mol. The predicted molar refractivity (Wildman–Crippen MR) is 66.6 cm³/mol. The topological polar surface area (TPSA) is 38.0 Å². The zero-order valence-electron chi connectivity index (χ0n) is 9.15. The molecule has 1 rings (SSSR count). The largest absolute Gasteiger partial charge is 0.329 e. The Labute approximate surface area is 92.9 Å². The molecule has 0 fully saturated rings. The summed E-state index contributed by atoms with van der Waals surface area (Å²) in [6, 6.07) is 10.6. The van der Waals surface area contributed by atoms with Crippen LogP contribution in [-0.2, 0) is 6.42 Å². The minimum atomic E-state index is 0.728. The van der Waals surface area contributed by atoms with Gasteiger partial charge in [-0.1, -0.05) is 30.3 Å². The van der Waals surface area contributed by atoms with Gasteiger partial charge in [0.15, 0.2) is 0 Å². The molecule has 82 valence electrons. The van der Waals surface area contributed by atoms with Gasteiger partial charge in [0.25, 0.3) is 0 Å². The van der Waals surface area contributed by atoms with Gasteiger partial charge in [0.05, 0.1) is 0 Å². The van der Waals surface area contributed by atoms with Gasteiger partial charge in [-0.25, -0.2) is 0 Å². The predicted octanol–water partition coefficient (Wildman–Crippen LogP) is 1.42. The summed E-state index contributed by atoms with van der Waals surface area (Å²) in [6.45, 7) is 2.71. The molecule has 0 unspecified atom stereocenters. The molecule has 0 atom stereocenters. The molecular formula is C13H20N2. The van der Waals surface area contributed by atoms with Crippen molar-refractivity contribution in [3.8, 4) is 12.8 Å². The quantitative estimate of drug-likeness (QED) is 0.543. The van der Waals surface area contributed by atoms with Gasteiger partial charge in [-0.05, 0) is 24.9 Å². The number of rotatable bonds is 6. The summed E-state index contributed by atoms with van der Waals surface area (Å²) in [5, 5.41) is 3.28. The van der Waals surface area contributed by atoms with Crippen molar-refractivity contribution >= 4 is 0 Å². The Morgan fingerprint density at radius 1 is 1.07 bits per heavy atom. The molecule has 0 saturated heterocycles. The lowest BCUT2D eigenvalue weighted by atomic mass is 10.1. The van der Waals surface area contributed by atoms with Crippen LogP contribution in [0, 0.1) is 12.8 Å². The highest BCUT2D eigenvalue weighted by Gasteiger charge is 1.90. The Hall–Kier alpha value is -1.30. The standard InChI is InChI=1S/C11H18N2.C2H2/c12-8-10-13-9-4-7-11-5-2-1-3-6-11;1-2/h1-3,5-6,13H,4,7-10,12H2;1-2H. The Morgan fingerprint density at radius 2 is 1.73 bits per heavy atom. The van der Waals surface area contributed by atoms with Crippen molar-refractivity contribution in [2.45, 2.75) is 12.8 Å². The second-order valence-electron chi connectivity index (χ2n) is 3.13. The van der Waals surface area contributed by atoms with Gasteiger partial charge in [-0.15, -0.1) is 12.8 Å². The van der Waals surface area contributed by atoms with Gasteiger partial charge in [-0.3, -0.25) is 0 Å². The lowest BCUT2D eigenvalue weighted by molar-refractivity contribution is 0.653. The fourth-order valence-electron chi connectivity index (χ4n) is 1.29. The summed E-state index contributed by atoms with van der Waals surface area (Å²) < 4.78 is 0. The average molecular weight is 204 g/mol. The molecule has 0 radical (unpaired) electrons. The number of nitrogens with two attached hydrogens (primary N) is 1. The van der Waals surface area contributed by atoms with Gasteiger partial charge in [0.1, 0.15) is 0 Å². The van der Waals surface area contributed by atoms with Gasteiger partial charge in [0.2, 0.25) is 0 Å². The molecule has 0 aromatic heterocycles. The first-order valence-electron chi connectivity index (χ1n) is 5.21. The normalized spacial score (nSPS) is 9.00. The first-order valence-corrected chi connectivity index (χ1v) is 5.21. The molecule has 0 spiro atoms. The molecule has 0 saturated carbocycles. The monoisotopic (exact) mass is 204 g/mol. The Kier molecular flexibility index (Phi) is 9.84. The zero-order valence-corrected chi connectivity index (χ0v) is 9.15. The maximum atomic E-state index is 5.36. The van der Waals surface area contributed by atoms with E-state index in [1.54, 1.807) is 0 Å². The van der Waals surface area contributed by atoms with E-state index in [9.17, 15) is 0 Å². The van der Waals surface area contributed by atoms with Crippen LogP contribution in [-0.4, -0.2) is 19.6 Å². The molecule has 15 heavy (non-hydrogen) atoms. The van der Waals surface area contributed by atoms with E-state index in [4.69, 9.17) is 5.73 Å². The molecule has 2 nitrogen and oxygen atoms in total. The first-order chi connectivity index (χ1) is 7.43. The van der Waals surface area contributed by atoms with Crippen molar-refractivity contribution < 1.29 is 0 Å². The molecule has 0 aliphatic rings. The number of terminal acetylenes is 1. The maximum absolute atomic E-state index is 5.36. The van der Waals surface area contributed by atoms with Crippen LogP contribution in [0.15, 0.2) is 30.3 Å². The SMILES string of the molecule is C#C.NCCNCCCc1ccccc1. The van der Waals surface area contributed by atoms with Gasteiger partial charge in [-0.2, -0.15) is 0 Å². The molecule has 0 aliphatic heterocycles. The van der Waals surface area contributed by atoms with E-state index in [2.05, 4.69) is 48.5 Å². The van der Waals surface area contributed by atoms with Crippen molar-refractivity contribution in [3.05, 3.63) is 35.9 Å². The fourth-order valence-corrected chi connectivity index (χ4v) is 1.29. The summed E-state index contributed by atoms with van der Waals surface area (Å²) in [7, 11) is 0. The van der Waals surface area contributed by atoms with Crippen LogP contribution < -0.4 is 11.1 Å². The van der Waals surface area contributed by atoms with E-state index in [1.807, 2.05) is 0 Å². The summed E-state index contributed by atoms with van der Waals surface area (Å²) >= 11 is 0. The second kappa shape index (κ2) is 10.8. The van der Waals surface area contributed by atoms with E-state index in [0.717, 1.165) is 26.1 Å². The summed E-state index contributed by atoms with van der Waals surface area (Å²) in [5.74, 6) is 0. The average Bonchev–Trinajstić information content (AvgIpc) is 2.33. The summed E-state index contributed by atoms with van der Waals surface area (Å²) in [6.07, 6.45) is 10.3. The van der Waals surface area contributed by atoms with Crippen LogP contribution in [0.25, 0.3) is 0 Å². The van der Waals surface area contributed by atoms with Crippen LogP contribution in [0.1, 0.15) is 12.0 Å². The highest BCUT2D eigenvalue weighted by atomic mass is 14.9. The van der Waals surface area contributed by atoms with Crippen LogP contribution in [0.3, 0.4) is 0 Å². The lowest BCUT2D eigenvalue weighted by Crippen LogP contribution is -2.23. The number of benzene rings is 1. The van der Waals surface area contributed by atoms with Crippen LogP contribution >= 0.6 is 0 Å². The number of hydrogen-bond acceptors (Lipinski definition) is 2. The van der Waals surface area contributed by atoms with Crippen molar-refractivity contribution in [2.75, 3.05) is 19.6 Å². The molecule has 1 aromatic carbocycles. The third-order valence-corrected chi connectivity index (χ3v) is 1.98. The molecule has 0 aliphatic carbocycles. The second-order valence-corrected chi connectivity index (χ2v) is 3.13. The molecule has 2 heteroatoms. The number of nitrogens with one attached hydrogen (secondary N) is 1. The van der Waals surface area contributed by atoms with Crippen molar-refractivity contribution in [1.82, 2.24) is 5.32 Å². The first kappa shape index (κ1) is 13.7. The van der Waals surface area contributed by atoms with Gasteiger partial charge < -0.3 is 11.1 Å². The molecule has 3 N–H and O–H groups in total. The Balaban J connectivity index is 0.000000921. The van der Waals surface area contributed by atoms with Crippen LogP contribution in [0.2, 0.25) is 0 Å². The van der Waals surface area contributed by atoms with E-state index < -0.39 is 0 Å². The molecule has 0 amide bonds. The van der Waals surface area contributed by atoms with E-state index in [0.29, 0.717) is 0 Å². The van der Waals surface area contributed by atoms with Gasteiger partial charge >= 0.3 is 0 Å². The van der Waals surface area contributed by atoms with E-state index in [-0.39, 0.29) is 0 Å². The fraction of sp³-hybridized carbons (Fsp3) is 0.385. The highest BCUT2D eigenvalue weighted by molar-refractivity contribution is 5.14. The third-order valence-electron chi connectivity index (χ3n) is 1.98. The summed E-state index contributed by atoms with van der Waals surface area (Å²) in [5.41, 5.74) is 6.77. The highest BCUT2D eigenvalue weighted by Crippen LogP contribution is 2.00. The zero-order chi connectivity index (χ0) is 11.4. The summed E-state index contributed by atoms with van der Waals surface area (Å²) in [4.78, 5) is 0. The van der Waals surface area contributed by atoms with E-state index >= 15 is 0 Å². The number of hydrogen-bond donors (Lipinski definition) is 2. The molecule has 0 heterocycles. The van der Waals surface area contributed by atoms with E-state index in [1.165, 1.54) is 12.0 Å². The van der Waals surface area contributed by atoms with Gasteiger partial charge in [0, 0.05) is 13.1 Å². The molecule has 1 aromatic rings.